The van der Waals surface area contributed by atoms with Crippen molar-refractivity contribution in [3.63, 3.8) is 0 Å². The lowest BCUT2D eigenvalue weighted by Gasteiger charge is -2.13. The molecule has 0 radical (unpaired) electrons. The Morgan fingerprint density at radius 3 is 2.31 bits per heavy atom. The monoisotopic (exact) mass is 411 g/mol. The number of nitrogens with zero attached hydrogens (tertiary/aromatic N) is 1. The van der Waals surface area contributed by atoms with Gasteiger partial charge in [-0.15, -0.1) is 0 Å². The van der Waals surface area contributed by atoms with Gasteiger partial charge in [0.1, 0.15) is 5.75 Å². The number of aromatic nitrogens is 1. The van der Waals surface area contributed by atoms with E-state index < -0.39 is 10.0 Å². The number of hydrogen-bond acceptors (Lipinski definition) is 5. The SMILES string of the molecule is CCOc1ccc(NS(=O)(=O)c2cc(NC(=O)c3ccncc3)ccc2C)cc1. The maximum Gasteiger partial charge on any atom is 0.262 e. The highest BCUT2D eigenvalue weighted by atomic mass is 32.2. The van der Waals surface area contributed by atoms with E-state index in [1.54, 1.807) is 55.5 Å². The first-order valence-corrected chi connectivity index (χ1v) is 10.4. The number of rotatable bonds is 7. The molecule has 0 bridgehead atoms. The number of sulfonamides is 1. The van der Waals surface area contributed by atoms with E-state index in [-0.39, 0.29) is 10.8 Å². The second-order valence-corrected chi connectivity index (χ2v) is 7.88. The van der Waals surface area contributed by atoms with Gasteiger partial charge in [-0.1, -0.05) is 6.07 Å². The van der Waals surface area contributed by atoms with Crippen molar-refractivity contribution in [3.05, 3.63) is 78.1 Å². The van der Waals surface area contributed by atoms with E-state index in [1.807, 2.05) is 6.92 Å². The molecule has 1 heterocycles. The summed E-state index contributed by atoms with van der Waals surface area (Å²) in [6.45, 7) is 4.10. The maximum atomic E-state index is 12.9. The molecule has 8 heteroatoms. The summed E-state index contributed by atoms with van der Waals surface area (Å²) in [6, 6.07) is 14.5. The molecule has 2 aromatic carbocycles. The Bertz CT molecular complexity index is 1100. The molecule has 1 amide bonds. The van der Waals surface area contributed by atoms with Gasteiger partial charge in [0.2, 0.25) is 0 Å². The highest BCUT2D eigenvalue weighted by Gasteiger charge is 2.18. The predicted molar refractivity (Wildman–Crippen MR) is 112 cm³/mol. The third-order valence-corrected chi connectivity index (χ3v) is 5.62. The van der Waals surface area contributed by atoms with Crippen LogP contribution in [0, 0.1) is 6.92 Å². The molecule has 3 aromatic rings. The zero-order chi connectivity index (χ0) is 20.9. The lowest BCUT2D eigenvalue weighted by atomic mass is 10.2. The largest absolute Gasteiger partial charge is 0.494 e. The van der Waals surface area contributed by atoms with E-state index in [0.29, 0.717) is 34.9 Å². The van der Waals surface area contributed by atoms with Gasteiger partial charge >= 0.3 is 0 Å². The fraction of sp³-hybridized carbons (Fsp3) is 0.143. The fourth-order valence-electron chi connectivity index (χ4n) is 2.67. The van der Waals surface area contributed by atoms with E-state index in [2.05, 4.69) is 15.0 Å². The summed E-state index contributed by atoms with van der Waals surface area (Å²) in [6.07, 6.45) is 3.03. The van der Waals surface area contributed by atoms with Crippen molar-refractivity contribution >= 4 is 27.3 Å². The van der Waals surface area contributed by atoms with Gasteiger partial charge in [0.25, 0.3) is 15.9 Å². The fourth-order valence-corrected chi connectivity index (χ4v) is 4.00. The van der Waals surface area contributed by atoms with Crippen LogP contribution in [0.2, 0.25) is 0 Å². The number of ether oxygens (including phenoxy) is 1. The average Bonchev–Trinajstić information content (AvgIpc) is 2.71. The number of anilines is 2. The number of pyridine rings is 1. The Balaban J connectivity index is 1.81. The molecule has 7 nitrogen and oxygen atoms in total. The van der Waals surface area contributed by atoms with Crippen molar-refractivity contribution in [3.8, 4) is 5.75 Å². The third kappa shape index (κ3) is 5.11. The normalized spacial score (nSPS) is 11.0. The second kappa shape index (κ2) is 8.74. The van der Waals surface area contributed by atoms with Crippen molar-refractivity contribution in [2.75, 3.05) is 16.6 Å². The van der Waals surface area contributed by atoms with Crippen LogP contribution >= 0.6 is 0 Å². The molecule has 0 aliphatic heterocycles. The standard InChI is InChI=1S/C21H21N3O4S/c1-3-28-19-8-6-17(7-9-19)24-29(26,27)20-14-18(5-4-15(20)2)23-21(25)16-10-12-22-13-11-16/h4-14,24H,3H2,1-2H3,(H,23,25). The molecule has 0 unspecified atom stereocenters. The topological polar surface area (TPSA) is 97.4 Å². The third-order valence-electron chi connectivity index (χ3n) is 4.10. The summed E-state index contributed by atoms with van der Waals surface area (Å²) in [5.74, 6) is 0.312. The van der Waals surface area contributed by atoms with Crippen LogP contribution in [0.3, 0.4) is 0 Å². The maximum absolute atomic E-state index is 12.9. The second-order valence-electron chi connectivity index (χ2n) is 6.23. The molecule has 29 heavy (non-hydrogen) atoms. The van der Waals surface area contributed by atoms with Crippen molar-refractivity contribution in [2.24, 2.45) is 0 Å². The Morgan fingerprint density at radius 1 is 1.00 bits per heavy atom. The molecule has 150 valence electrons. The first-order valence-electron chi connectivity index (χ1n) is 8.97. The lowest BCUT2D eigenvalue weighted by Crippen LogP contribution is -2.16. The number of carbonyl (C=O) groups is 1. The zero-order valence-electron chi connectivity index (χ0n) is 16.0. The molecule has 0 spiro atoms. The first kappa shape index (κ1) is 20.3. The molecule has 0 fully saturated rings. The molecule has 0 saturated heterocycles. The van der Waals surface area contributed by atoms with Crippen LogP contribution in [0.5, 0.6) is 5.75 Å². The minimum Gasteiger partial charge on any atom is -0.494 e. The predicted octanol–water partition coefficient (Wildman–Crippen LogP) is 3.84. The van der Waals surface area contributed by atoms with Crippen LogP contribution in [0.25, 0.3) is 0 Å². The number of hydrogen-bond donors (Lipinski definition) is 2. The summed E-state index contributed by atoms with van der Waals surface area (Å²) in [5, 5.41) is 2.71. The van der Waals surface area contributed by atoms with Gasteiger partial charge < -0.3 is 10.1 Å². The summed E-state index contributed by atoms with van der Waals surface area (Å²) < 4.78 is 33.7. The van der Waals surface area contributed by atoms with Gasteiger partial charge in [-0.3, -0.25) is 14.5 Å². The average molecular weight is 411 g/mol. The van der Waals surface area contributed by atoms with E-state index in [1.165, 1.54) is 18.5 Å². The quantitative estimate of drug-likeness (QED) is 0.616. The Morgan fingerprint density at radius 2 is 1.66 bits per heavy atom. The van der Waals surface area contributed by atoms with Gasteiger partial charge in [-0.05, 0) is 67.9 Å². The lowest BCUT2D eigenvalue weighted by molar-refractivity contribution is 0.102. The molecular weight excluding hydrogens is 390 g/mol. The molecule has 0 saturated carbocycles. The van der Waals surface area contributed by atoms with Crippen molar-refractivity contribution in [2.45, 2.75) is 18.7 Å². The molecule has 0 aliphatic rings. The van der Waals surface area contributed by atoms with Gasteiger partial charge in [-0.2, -0.15) is 0 Å². The van der Waals surface area contributed by atoms with Gasteiger partial charge in [0.05, 0.1) is 11.5 Å². The van der Waals surface area contributed by atoms with Gasteiger partial charge in [0, 0.05) is 29.3 Å². The molecule has 1 aromatic heterocycles. The molecule has 3 rings (SSSR count). The van der Waals surface area contributed by atoms with Crippen molar-refractivity contribution < 1.29 is 17.9 Å². The molecular formula is C21H21N3O4S. The van der Waals surface area contributed by atoms with Crippen molar-refractivity contribution in [1.29, 1.82) is 0 Å². The molecule has 2 N–H and O–H groups in total. The number of carbonyl (C=O) groups excluding carboxylic acids is 1. The number of amides is 1. The van der Waals surface area contributed by atoms with E-state index in [4.69, 9.17) is 4.74 Å². The van der Waals surface area contributed by atoms with E-state index >= 15 is 0 Å². The van der Waals surface area contributed by atoms with Crippen molar-refractivity contribution in [1.82, 2.24) is 4.98 Å². The van der Waals surface area contributed by atoms with Crippen LogP contribution in [-0.4, -0.2) is 25.9 Å². The highest BCUT2D eigenvalue weighted by molar-refractivity contribution is 7.92. The molecule has 0 atom stereocenters. The van der Waals surface area contributed by atoms with Crippen LogP contribution in [0.15, 0.2) is 71.9 Å². The minimum absolute atomic E-state index is 0.0823. The Labute approximate surface area is 169 Å². The molecule has 0 aliphatic carbocycles. The summed E-state index contributed by atoms with van der Waals surface area (Å²) in [5.41, 5.74) is 1.78. The van der Waals surface area contributed by atoms with Gasteiger partial charge in [0.15, 0.2) is 0 Å². The summed E-state index contributed by atoms with van der Waals surface area (Å²) in [7, 11) is -3.84. The summed E-state index contributed by atoms with van der Waals surface area (Å²) in [4.78, 5) is 16.3. The van der Waals surface area contributed by atoms with E-state index in [9.17, 15) is 13.2 Å². The van der Waals surface area contributed by atoms with Crippen LogP contribution in [0.1, 0.15) is 22.8 Å². The van der Waals surface area contributed by atoms with Gasteiger partial charge in [-0.25, -0.2) is 8.42 Å². The first-order chi connectivity index (χ1) is 13.9. The Kier molecular flexibility index (Phi) is 6.13. The Hall–Kier alpha value is -3.39. The highest BCUT2D eigenvalue weighted by Crippen LogP contribution is 2.24. The van der Waals surface area contributed by atoms with Crippen LogP contribution in [-0.2, 0) is 10.0 Å². The smallest absolute Gasteiger partial charge is 0.262 e. The van der Waals surface area contributed by atoms with Crippen LogP contribution < -0.4 is 14.8 Å². The zero-order valence-corrected chi connectivity index (χ0v) is 16.9. The minimum atomic E-state index is -3.84. The number of benzene rings is 2. The van der Waals surface area contributed by atoms with E-state index in [0.717, 1.165) is 0 Å². The number of aryl methyl sites for hydroxylation is 1. The summed E-state index contributed by atoms with van der Waals surface area (Å²) >= 11 is 0. The number of nitrogens with one attached hydrogen (secondary N) is 2. The van der Waals surface area contributed by atoms with Crippen LogP contribution in [0.4, 0.5) is 11.4 Å².